The molecule has 0 unspecified atom stereocenters. The van der Waals surface area contributed by atoms with Gasteiger partial charge in [-0.2, -0.15) is 4.68 Å². The Kier molecular flexibility index (Phi) is 8.58. The molecule has 220 valence electrons. The average molecular weight is 572 g/mol. The van der Waals surface area contributed by atoms with Gasteiger partial charge >= 0.3 is 12.1 Å². The van der Waals surface area contributed by atoms with Crippen molar-refractivity contribution in [2.75, 3.05) is 54.9 Å². The number of carbonyl (C=O) groups is 3. The van der Waals surface area contributed by atoms with Crippen LogP contribution in [0, 0.1) is 0 Å². The number of rotatable bonds is 7. The molecule has 3 heterocycles. The molecule has 0 spiro atoms. The van der Waals surface area contributed by atoms with Crippen LogP contribution in [0.15, 0.2) is 61.4 Å². The van der Waals surface area contributed by atoms with E-state index in [9.17, 15) is 14.4 Å². The van der Waals surface area contributed by atoms with E-state index < -0.39 is 6.09 Å². The minimum Gasteiger partial charge on any atom is -0.417 e. The Balaban J connectivity index is 1.36. The number of nitrogens with one attached hydrogen (secondary N) is 1. The number of aryl methyl sites for hydroxylation is 1. The Labute approximate surface area is 245 Å². The lowest BCUT2D eigenvalue weighted by Crippen LogP contribution is -2.44. The number of amides is 3. The highest BCUT2D eigenvalue weighted by Gasteiger charge is 2.35. The third-order valence-corrected chi connectivity index (χ3v) is 7.85. The molecule has 0 saturated carbocycles. The van der Waals surface area contributed by atoms with Gasteiger partial charge in [0, 0.05) is 55.2 Å². The van der Waals surface area contributed by atoms with Crippen molar-refractivity contribution in [2.24, 2.45) is 0 Å². The molecular weight excluding hydrogens is 534 g/mol. The van der Waals surface area contributed by atoms with Gasteiger partial charge in [-0.05, 0) is 56.3 Å². The fourth-order valence-corrected chi connectivity index (χ4v) is 5.47. The molecule has 1 saturated heterocycles. The van der Waals surface area contributed by atoms with Crippen LogP contribution in [0.3, 0.4) is 0 Å². The van der Waals surface area contributed by atoms with Crippen molar-refractivity contribution in [2.45, 2.75) is 33.4 Å². The Bertz CT molecular complexity index is 1470. The number of piperazine rings is 1. The summed E-state index contributed by atoms with van der Waals surface area (Å²) in [7, 11) is 2.11. The highest BCUT2D eigenvalue weighted by Crippen LogP contribution is 2.32. The number of nitrogens with zero attached hydrogens (tertiary/aromatic N) is 6. The van der Waals surface area contributed by atoms with E-state index in [1.807, 2.05) is 43.3 Å². The van der Waals surface area contributed by atoms with Gasteiger partial charge in [0.2, 0.25) is 0 Å². The van der Waals surface area contributed by atoms with E-state index in [-0.39, 0.29) is 30.8 Å². The fraction of sp³-hybridized carbons (Fsp3) is 0.355. The normalized spacial score (nSPS) is 14.8. The summed E-state index contributed by atoms with van der Waals surface area (Å²) in [5, 5.41) is 7.21. The maximum atomic E-state index is 13.7. The van der Waals surface area contributed by atoms with Crippen molar-refractivity contribution < 1.29 is 19.1 Å². The molecule has 3 aromatic rings. The molecule has 0 bridgehead atoms. The Hall–Kier alpha value is -4.64. The van der Waals surface area contributed by atoms with Crippen molar-refractivity contribution in [3.8, 4) is 0 Å². The zero-order chi connectivity index (χ0) is 29.8. The van der Waals surface area contributed by atoms with Crippen LogP contribution >= 0.6 is 0 Å². The fourth-order valence-electron chi connectivity index (χ4n) is 5.47. The van der Waals surface area contributed by atoms with E-state index in [1.165, 1.54) is 0 Å². The van der Waals surface area contributed by atoms with Crippen molar-refractivity contribution in [3.05, 3.63) is 83.8 Å². The smallest absolute Gasteiger partial charge is 0.417 e. The topological polar surface area (TPSA) is 103 Å². The highest BCUT2D eigenvalue weighted by atomic mass is 16.5. The molecular formula is C31H37N7O4. The van der Waals surface area contributed by atoms with E-state index >= 15 is 0 Å². The molecule has 3 amide bonds. The Morgan fingerprint density at radius 1 is 1.02 bits per heavy atom. The van der Waals surface area contributed by atoms with E-state index in [2.05, 4.69) is 40.8 Å². The number of carbonyl (C=O) groups excluding carboxylic acids is 3. The zero-order valence-corrected chi connectivity index (χ0v) is 24.4. The number of ether oxygens (including phenoxy) is 1. The number of anilines is 3. The molecule has 42 heavy (non-hydrogen) atoms. The number of hydrogen-bond donors (Lipinski definition) is 1. The number of hydrogen-bond acceptors (Lipinski definition) is 7. The monoisotopic (exact) mass is 571 g/mol. The number of likely N-dealkylation sites (N-methyl/N-ethyl adjacent to an activating group) is 1. The number of aromatic nitrogens is 2. The minimum atomic E-state index is -0.767. The first kappa shape index (κ1) is 28.9. The van der Waals surface area contributed by atoms with Gasteiger partial charge in [-0.25, -0.2) is 9.59 Å². The van der Waals surface area contributed by atoms with E-state index in [0.717, 1.165) is 60.5 Å². The third kappa shape index (κ3) is 5.73. The van der Waals surface area contributed by atoms with Gasteiger partial charge in [-0.15, -0.1) is 5.10 Å². The van der Waals surface area contributed by atoms with Crippen LogP contribution in [-0.4, -0.2) is 77.4 Å². The van der Waals surface area contributed by atoms with Crippen molar-refractivity contribution >= 4 is 35.2 Å². The second-order valence-corrected chi connectivity index (χ2v) is 10.4. The van der Waals surface area contributed by atoms with Crippen molar-refractivity contribution in [1.82, 2.24) is 19.6 Å². The quantitative estimate of drug-likeness (QED) is 0.416. The predicted octanol–water partition coefficient (Wildman–Crippen LogP) is 4.54. The van der Waals surface area contributed by atoms with Crippen molar-refractivity contribution in [3.63, 3.8) is 0 Å². The summed E-state index contributed by atoms with van der Waals surface area (Å²) >= 11 is 0. The van der Waals surface area contributed by atoms with Crippen LogP contribution in [0.4, 0.5) is 26.8 Å². The Morgan fingerprint density at radius 3 is 2.40 bits per heavy atom. The number of para-hydroxylation sites is 1. The average Bonchev–Trinajstić information content (AvgIpc) is 3.59. The van der Waals surface area contributed by atoms with E-state index in [0.29, 0.717) is 23.4 Å². The minimum absolute atomic E-state index is 0.133. The summed E-state index contributed by atoms with van der Waals surface area (Å²) in [6, 6.07) is 15.1. The summed E-state index contributed by atoms with van der Waals surface area (Å²) in [5.41, 5.74) is 4.52. The van der Waals surface area contributed by atoms with Crippen LogP contribution in [0.25, 0.3) is 0 Å². The number of urea groups is 1. The van der Waals surface area contributed by atoms with Gasteiger partial charge in [0.05, 0.1) is 25.0 Å². The lowest BCUT2D eigenvalue weighted by Gasteiger charge is -2.34. The van der Waals surface area contributed by atoms with Gasteiger partial charge < -0.3 is 24.8 Å². The number of benzene rings is 2. The molecule has 2 aliphatic rings. The first-order chi connectivity index (χ1) is 20.3. The lowest BCUT2D eigenvalue weighted by molar-refractivity contribution is 0.102. The summed E-state index contributed by atoms with van der Waals surface area (Å²) in [5.74, 6) is -0.146. The maximum Gasteiger partial charge on any atom is 0.439 e. The summed E-state index contributed by atoms with van der Waals surface area (Å²) in [4.78, 5) is 47.7. The van der Waals surface area contributed by atoms with Gasteiger partial charge in [-0.1, -0.05) is 31.7 Å². The second kappa shape index (κ2) is 12.5. The first-order valence-electron chi connectivity index (χ1n) is 14.3. The lowest BCUT2D eigenvalue weighted by atomic mass is 10.1. The van der Waals surface area contributed by atoms with Crippen molar-refractivity contribution in [1.29, 1.82) is 0 Å². The van der Waals surface area contributed by atoms with E-state index in [1.54, 1.807) is 21.9 Å². The van der Waals surface area contributed by atoms with Crippen LogP contribution < -0.4 is 15.1 Å². The standard InChI is InChI=1S/C31H37N7O4/c1-5-22-10-8-9-11-26(22)37(6-2)30(40)36-20-25-27(21-36)38(31(41)42-7-3)33-28(25)32-29(39)23-12-14-24(15-13-23)35-18-16-34(4)17-19-35/h7-15H,3,5-6,16-21H2,1-2,4H3,(H,32,33,39). The number of fused-ring (bicyclic) bond motifs is 1. The van der Waals surface area contributed by atoms with Crippen LogP contribution in [-0.2, 0) is 24.2 Å². The van der Waals surface area contributed by atoms with Crippen LogP contribution in [0.2, 0.25) is 0 Å². The van der Waals surface area contributed by atoms with Crippen LogP contribution in [0.5, 0.6) is 0 Å². The molecule has 1 N–H and O–H groups in total. The van der Waals surface area contributed by atoms with Gasteiger partial charge in [0.1, 0.15) is 0 Å². The molecule has 1 fully saturated rings. The van der Waals surface area contributed by atoms with Crippen LogP contribution in [0.1, 0.15) is 41.0 Å². The molecule has 2 aromatic carbocycles. The SMILES string of the molecule is C=COC(=O)n1nc(NC(=O)c2ccc(N3CCN(C)CC3)cc2)c2c1CN(C(=O)N(CC)c1ccccc1CC)C2. The zero-order valence-electron chi connectivity index (χ0n) is 24.4. The molecule has 5 rings (SSSR count). The Morgan fingerprint density at radius 2 is 1.74 bits per heavy atom. The summed E-state index contributed by atoms with van der Waals surface area (Å²) < 4.78 is 6.08. The largest absolute Gasteiger partial charge is 0.439 e. The molecule has 2 aliphatic heterocycles. The predicted molar refractivity (Wildman–Crippen MR) is 162 cm³/mol. The summed E-state index contributed by atoms with van der Waals surface area (Å²) in [6.07, 6.45) is 1.04. The first-order valence-corrected chi connectivity index (χ1v) is 14.3. The van der Waals surface area contributed by atoms with Gasteiger partial charge in [-0.3, -0.25) is 9.69 Å². The second-order valence-electron chi connectivity index (χ2n) is 10.4. The summed E-state index contributed by atoms with van der Waals surface area (Å²) in [6.45, 7) is 12.1. The molecule has 0 atom stereocenters. The maximum absolute atomic E-state index is 13.7. The molecule has 11 nitrogen and oxygen atoms in total. The van der Waals surface area contributed by atoms with E-state index in [4.69, 9.17) is 4.74 Å². The van der Waals surface area contributed by atoms with Gasteiger partial charge in [0.25, 0.3) is 5.91 Å². The highest BCUT2D eigenvalue weighted by molar-refractivity contribution is 6.04. The molecule has 11 heteroatoms. The molecule has 1 aromatic heterocycles. The van der Waals surface area contributed by atoms with Gasteiger partial charge in [0.15, 0.2) is 5.82 Å². The molecule has 0 aliphatic carbocycles. The molecule has 0 radical (unpaired) electrons. The third-order valence-electron chi connectivity index (χ3n) is 7.85.